The molecule has 1 aliphatic carbocycles. The summed E-state index contributed by atoms with van der Waals surface area (Å²) in [6.07, 6.45) is 3.36. The second-order valence-corrected chi connectivity index (χ2v) is 7.92. The molecule has 2 aliphatic rings. The van der Waals surface area contributed by atoms with Crippen LogP contribution in [0.15, 0.2) is 21.3 Å². The van der Waals surface area contributed by atoms with Gasteiger partial charge in [-0.15, -0.1) is 5.10 Å². The molecular formula is C21H25N5O4. The summed E-state index contributed by atoms with van der Waals surface area (Å²) in [5.41, 5.74) is 2.14. The van der Waals surface area contributed by atoms with E-state index in [0.29, 0.717) is 48.4 Å². The molecule has 9 heteroatoms. The van der Waals surface area contributed by atoms with Gasteiger partial charge >= 0.3 is 0 Å². The first-order chi connectivity index (χ1) is 14.7. The molecule has 1 aromatic carbocycles. The number of nitrogens with zero attached hydrogens (tertiary/aromatic N) is 5. The van der Waals surface area contributed by atoms with E-state index in [1.165, 1.54) is 13.5 Å². The van der Waals surface area contributed by atoms with Gasteiger partial charge in [0, 0.05) is 24.2 Å². The van der Waals surface area contributed by atoms with Crippen molar-refractivity contribution in [3.63, 3.8) is 0 Å². The zero-order valence-electron chi connectivity index (χ0n) is 17.3. The van der Waals surface area contributed by atoms with Crippen LogP contribution in [0.25, 0.3) is 22.4 Å². The fraction of sp³-hybridized carbons (Fsp3) is 0.524. The molecule has 1 saturated carbocycles. The monoisotopic (exact) mass is 411 g/mol. The average molecular weight is 411 g/mol. The minimum atomic E-state index is -0.157. The molecule has 0 bridgehead atoms. The van der Waals surface area contributed by atoms with E-state index in [2.05, 4.69) is 20.4 Å². The van der Waals surface area contributed by atoms with Crippen LogP contribution in [0.1, 0.15) is 36.6 Å². The Balaban J connectivity index is 1.61. The smallest absolute Gasteiger partial charge is 0.234 e. The van der Waals surface area contributed by atoms with E-state index in [4.69, 9.17) is 13.9 Å². The molecule has 9 nitrogen and oxygen atoms in total. The van der Waals surface area contributed by atoms with Crippen LogP contribution in [0.2, 0.25) is 0 Å². The first-order valence-electron chi connectivity index (χ1n) is 10.4. The molecule has 3 heterocycles. The third kappa shape index (κ3) is 3.18. The fourth-order valence-corrected chi connectivity index (χ4v) is 4.18. The maximum absolute atomic E-state index is 13.1. The summed E-state index contributed by atoms with van der Waals surface area (Å²) in [6, 6.07) is 4.02. The van der Waals surface area contributed by atoms with Gasteiger partial charge in [0.05, 0.1) is 38.3 Å². The Morgan fingerprint density at radius 1 is 1.23 bits per heavy atom. The average Bonchev–Trinajstić information content (AvgIpc) is 3.17. The largest absolute Gasteiger partial charge is 0.490 e. The molecule has 5 rings (SSSR count). The van der Waals surface area contributed by atoms with E-state index < -0.39 is 0 Å². The third-order valence-corrected chi connectivity index (χ3v) is 6.16. The van der Waals surface area contributed by atoms with Crippen molar-refractivity contribution < 1.29 is 13.9 Å². The molecule has 2 aromatic heterocycles. The standard InChI is InChI=1S/C21H25N5O4/c1-13-15(21-22-23-24-26(21)14-4-3-5-14)6-7-16-18(27)20(28-2)17(30-19(13)16)12-25-8-10-29-11-9-25/h6-7,14H,3-5,8-12H2,1-2H3. The van der Waals surface area contributed by atoms with Crippen LogP contribution in [0.3, 0.4) is 0 Å². The first kappa shape index (κ1) is 19.2. The van der Waals surface area contributed by atoms with Crippen LogP contribution in [-0.2, 0) is 11.3 Å². The number of methoxy groups -OCH3 is 1. The number of hydrogen-bond donors (Lipinski definition) is 0. The number of morpholine rings is 1. The molecule has 158 valence electrons. The van der Waals surface area contributed by atoms with Crippen LogP contribution in [-0.4, -0.2) is 58.5 Å². The molecule has 0 amide bonds. The Morgan fingerprint density at radius 2 is 2.03 bits per heavy atom. The van der Waals surface area contributed by atoms with Gasteiger partial charge in [-0.05, 0) is 48.7 Å². The van der Waals surface area contributed by atoms with Gasteiger partial charge in [0.2, 0.25) is 11.2 Å². The molecule has 1 aliphatic heterocycles. The normalized spacial score (nSPS) is 17.9. The molecule has 30 heavy (non-hydrogen) atoms. The van der Waals surface area contributed by atoms with Gasteiger partial charge in [0.15, 0.2) is 11.6 Å². The number of benzene rings is 1. The van der Waals surface area contributed by atoms with E-state index in [0.717, 1.165) is 37.1 Å². The lowest BCUT2D eigenvalue weighted by molar-refractivity contribution is 0.0309. The van der Waals surface area contributed by atoms with Crippen molar-refractivity contribution in [1.29, 1.82) is 0 Å². The third-order valence-electron chi connectivity index (χ3n) is 6.16. The summed E-state index contributed by atoms with van der Waals surface area (Å²) < 4.78 is 19.1. The van der Waals surface area contributed by atoms with E-state index in [-0.39, 0.29) is 11.2 Å². The van der Waals surface area contributed by atoms with Gasteiger partial charge < -0.3 is 13.9 Å². The van der Waals surface area contributed by atoms with Crippen molar-refractivity contribution in [2.24, 2.45) is 0 Å². The quantitative estimate of drug-likeness (QED) is 0.631. The summed E-state index contributed by atoms with van der Waals surface area (Å²) in [6.45, 7) is 5.38. The Kier molecular flexibility index (Phi) is 5.00. The van der Waals surface area contributed by atoms with E-state index in [1.807, 2.05) is 17.7 Å². The van der Waals surface area contributed by atoms with Crippen LogP contribution in [0.4, 0.5) is 0 Å². The van der Waals surface area contributed by atoms with E-state index >= 15 is 0 Å². The lowest BCUT2D eigenvalue weighted by Crippen LogP contribution is -2.36. The van der Waals surface area contributed by atoms with Crippen molar-refractivity contribution in [2.45, 2.75) is 38.8 Å². The predicted octanol–water partition coefficient (Wildman–Crippen LogP) is 2.32. The Bertz CT molecular complexity index is 1130. The minimum Gasteiger partial charge on any atom is -0.490 e. The van der Waals surface area contributed by atoms with Gasteiger partial charge in [-0.2, -0.15) is 0 Å². The van der Waals surface area contributed by atoms with Gasteiger partial charge in [-0.3, -0.25) is 9.69 Å². The number of fused-ring (bicyclic) bond motifs is 1. The zero-order valence-corrected chi connectivity index (χ0v) is 17.3. The Morgan fingerprint density at radius 3 is 2.73 bits per heavy atom. The van der Waals surface area contributed by atoms with Gasteiger partial charge in [-0.1, -0.05) is 0 Å². The van der Waals surface area contributed by atoms with Crippen molar-refractivity contribution >= 4 is 11.0 Å². The maximum atomic E-state index is 13.1. The highest BCUT2D eigenvalue weighted by Crippen LogP contribution is 2.36. The lowest BCUT2D eigenvalue weighted by atomic mass is 9.93. The molecule has 0 unspecified atom stereocenters. The molecule has 1 saturated heterocycles. The van der Waals surface area contributed by atoms with Gasteiger partial charge in [-0.25, -0.2) is 4.68 Å². The fourth-order valence-electron chi connectivity index (χ4n) is 4.18. The summed E-state index contributed by atoms with van der Waals surface area (Å²) in [5, 5.41) is 12.9. The zero-order chi connectivity index (χ0) is 20.7. The molecule has 2 fully saturated rings. The summed E-state index contributed by atoms with van der Waals surface area (Å²) in [5.74, 6) is 1.52. The first-order valence-corrected chi connectivity index (χ1v) is 10.4. The number of aryl methyl sites for hydroxylation is 1. The van der Waals surface area contributed by atoms with Crippen LogP contribution >= 0.6 is 0 Å². The number of aromatic nitrogens is 4. The lowest BCUT2D eigenvalue weighted by Gasteiger charge is -2.26. The SMILES string of the molecule is COc1c(CN2CCOCC2)oc2c(C)c(-c3nnnn3C3CCC3)ccc2c1=O. The number of ether oxygens (including phenoxy) is 2. The molecule has 0 N–H and O–H groups in total. The highest BCUT2D eigenvalue weighted by molar-refractivity contribution is 5.86. The maximum Gasteiger partial charge on any atom is 0.234 e. The van der Waals surface area contributed by atoms with Gasteiger partial charge in [0.25, 0.3) is 0 Å². The van der Waals surface area contributed by atoms with Crippen molar-refractivity contribution in [3.8, 4) is 17.1 Å². The molecule has 0 radical (unpaired) electrons. The summed E-state index contributed by atoms with van der Waals surface area (Å²) >= 11 is 0. The molecule has 0 atom stereocenters. The highest BCUT2D eigenvalue weighted by atomic mass is 16.5. The van der Waals surface area contributed by atoms with Crippen LogP contribution < -0.4 is 10.2 Å². The van der Waals surface area contributed by atoms with Crippen LogP contribution in [0, 0.1) is 6.92 Å². The summed E-state index contributed by atoms with van der Waals surface area (Å²) in [7, 11) is 1.51. The number of hydrogen-bond acceptors (Lipinski definition) is 8. The molecule has 3 aromatic rings. The number of rotatable bonds is 5. The minimum absolute atomic E-state index is 0.157. The topological polar surface area (TPSA) is 95.5 Å². The van der Waals surface area contributed by atoms with Crippen LogP contribution in [0.5, 0.6) is 5.75 Å². The highest BCUT2D eigenvalue weighted by Gasteiger charge is 2.26. The van der Waals surface area contributed by atoms with E-state index in [9.17, 15) is 4.79 Å². The number of tetrazole rings is 1. The second kappa shape index (κ2) is 7.81. The van der Waals surface area contributed by atoms with Crippen molar-refractivity contribution in [1.82, 2.24) is 25.1 Å². The Labute approximate surface area is 173 Å². The Hall–Kier alpha value is -2.78. The predicted molar refractivity (Wildman–Crippen MR) is 110 cm³/mol. The van der Waals surface area contributed by atoms with E-state index in [1.54, 1.807) is 6.07 Å². The molecular weight excluding hydrogens is 386 g/mol. The second-order valence-electron chi connectivity index (χ2n) is 7.92. The summed E-state index contributed by atoms with van der Waals surface area (Å²) in [4.78, 5) is 15.3. The molecule has 0 spiro atoms. The van der Waals surface area contributed by atoms with Crippen molar-refractivity contribution in [2.75, 3.05) is 33.4 Å². The van der Waals surface area contributed by atoms with Crippen molar-refractivity contribution in [3.05, 3.63) is 33.7 Å². The van der Waals surface area contributed by atoms with Gasteiger partial charge in [0.1, 0.15) is 5.58 Å².